The number of hydrogen-bond acceptors (Lipinski definition) is 7. The van der Waals surface area contributed by atoms with Crippen LogP contribution < -0.4 is 5.32 Å². The van der Waals surface area contributed by atoms with Gasteiger partial charge in [-0.15, -0.1) is 0 Å². The first-order chi connectivity index (χ1) is 13.8. The van der Waals surface area contributed by atoms with Gasteiger partial charge in [0.15, 0.2) is 5.65 Å². The average Bonchev–Trinajstić information content (AvgIpc) is 3.33. The summed E-state index contributed by atoms with van der Waals surface area (Å²) >= 11 is 0. The monoisotopic (exact) mass is 413 g/mol. The highest BCUT2D eigenvalue weighted by Crippen LogP contribution is 2.28. The first-order valence-electron chi connectivity index (χ1n) is 9.43. The number of hydrogen-bond donors (Lipinski definition) is 2. The van der Waals surface area contributed by atoms with Gasteiger partial charge in [0.2, 0.25) is 15.8 Å². The third-order valence-corrected chi connectivity index (χ3v) is 6.02. The maximum Gasteiger partial charge on any atom is 0.252 e. The Morgan fingerprint density at radius 3 is 2.69 bits per heavy atom. The minimum absolute atomic E-state index is 0.180. The van der Waals surface area contributed by atoms with Gasteiger partial charge in [0.1, 0.15) is 0 Å². The lowest BCUT2D eigenvalue weighted by Crippen LogP contribution is -2.16. The number of nitrogens with one attached hydrogen (secondary N) is 2. The second-order valence-corrected chi connectivity index (χ2v) is 9.20. The fourth-order valence-corrected chi connectivity index (χ4v) is 3.83. The molecule has 3 aromatic heterocycles. The van der Waals surface area contributed by atoms with Crippen LogP contribution in [0.5, 0.6) is 0 Å². The molecule has 0 spiro atoms. The molecule has 29 heavy (non-hydrogen) atoms. The van der Waals surface area contributed by atoms with Crippen LogP contribution in [0.3, 0.4) is 0 Å². The number of fused-ring (bicyclic) bond motifs is 2. The number of aromatic nitrogens is 6. The van der Waals surface area contributed by atoms with Crippen LogP contribution in [0.15, 0.2) is 35.7 Å². The predicted molar refractivity (Wildman–Crippen MR) is 111 cm³/mol. The molecule has 0 fully saturated rings. The van der Waals surface area contributed by atoms with Gasteiger partial charge < -0.3 is 5.32 Å². The molecule has 2 N–H and O–H groups in total. The van der Waals surface area contributed by atoms with Crippen molar-refractivity contribution in [3.63, 3.8) is 0 Å². The molecular weight excluding hydrogens is 390 g/mol. The Kier molecular flexibility index (Phi) is 4.73. The molecule has 3 heterocycles. The van der Waals surface area contributed by atoms with Crippen molar-refractivity contribution in [3.8, 4) is 0 Å². The summed E-state index contributed by atoms with van der Waals surface area (Å²) in [5.74, 6) is 0.521. The molecule has 152 valence electrons. The number of H-pyrrole nitrogens is 1. The molecule has 10 heteroatoms. The smallest absolute Gasteiger partial charge is 0.252 e. The summed E-state index contributed by atoms with van der Waals surface area (Å²) in [5.41, 5.74) is 3.30. The van der Waals surface area contributed by atoms with E-state index in [4.69, 9.17) is 0 Å². The second-order valence-electron chi connectivity index (χ2n) is 7.29. The van der Waals surface area contributed by atoms with Crippen LogP contribution in [0.4, 0.5) is 5.95 Å². The predicted octanol–water partition coefficient (Wildman–Crippen LogP) is 3.09. The van der Waals surface area contributed by atoms with Crippen molar-refractivity contribution in [1.82, 2.24) is 29.8 Å². The second kappa shape index (κ2) is 7.11. The number of aromatic amines is 1. The van der Waals surface area contributed by atoms with Gasteiger partial charge in [0.25, 0.3) is 5.16 Å². The van der Waals surface area contributed by atoms with Gasteiger partial charge in [-0.3, -0.25) is 5.10 Å². The number of rotatable bonds is 6. The normalized spacial score (nSPS) is 14.3. The quantitative estimate of drug-likeness (QED) is 0.499. The van der Waals surface area contributed by atoms with Gasteiger partial charge in [-0.2, -0.15) is 24.7 Å². The molecule has 1 aromatic carbocycles. The Bertz CT molecular complexity index is 1290. The van der Waals surface area contributed by atoms with Gasteiger partial charge >= 0.3 is 0 Å². The highest BCUT2D eigenvalue weighted by atomic mass is 32.2. The van der Waals surface area contributed by atoms with E-state index >= 15 is 0 Å². The van der Waals surface area contributed by atoms with Crippen molar-refractivity contribution in [2.24, 2.45) is 0 Å². The van der Waals surface area contributed by atoms with Crippen molar-refractivity contribution < 1.29 is 8.42 Å². The lowest BCUT2D eigenvalue weighted by Gasteiger charge is -2.17. The zero-order valence-electron chi connectivity index (χ0n) is 16.7. The van der Waals surface area contributed by atoms with Crippen molar-refractivity contribution in [2.45, 2.75) is 44.3 Å². The van der Waals surface area contributed by atoms with Crippen molar-refractivity contribution >= 4 is 32.3 Å². The van der Waals surface area contributed by atoms with E-state index in [1.807, 2.05) is 25.1 Å². The van der Waals surface area contributed by atoms with E-state index in [0.29, 0.717) is 11.6 Å². The SMILES string of the molecule is CCC(C)c1cnn2c(NC(C)c3cccc4cn[nH]c34)nc(S(C)(=O)=O)nc12. The van der Waals surface area contributed by atoms with Crippen LogP contribution in [0.25, 0.3) is 16.6 Å². The third-order valence-electron chi connectivity index (χ3n) is 5.17. The molecule has 0 saturated carbocycles. The molecule has 2 unspecified atom stereocenters. The fourth-order valence-electron chi connectivity index (χ4n) is 3.33. The van der Waals surface area contributed by atoms with Gasteiger partial charge in [-0.25, -0.2) is 8.42 Å². The summed E-state index contributed by atoms with van der Waals surface area (Å²) in [6.45, 7) is 6.11. The fraction of sp³-hybridized carbons (Fsp3) is 0.368. The van der Waals surface area contributed by atoms with Crippen LogP contribution in [-0.2, 0) is 9.84 Å². The van der Waals surface area contributed by atoms with Gasteiger partial charge in [-0.1, -0.05) is 32.0 Å². The van der Waals surface area contributed by atoms with Crippen molar-refractivity contribution in [1.29, 1.82) is 0 Å². The van der Waals surface area contributed by atoms with Crippen LogP contribution >= 0.6 is 0 Å². The van der Waals surface area contributed by atoms with E-state index in [2.05, 4.69) is 44.4 Å². The Morgan fingerprint density at radius 2 is 1.97 bits per heavy atom. The molecule has 4 aromatic rings. The van der Waals surface area contributed by atoms with Crippen molar-refractivity contribution in [3.05, 3.63) is 41.7 Å². The molecule has 0 radical (unpaired) electrons. The maximum absolute atomic E-state index is 12.2. The van der Waals surface area contributed by atoms with E-state index in [9.17, 15) is 8.42 Å². The van der Waals surface area contributed by atoms with Gasteiger partial charge in [0.05, 0.1) is 24.0 Å². The third kappa shape index (κ3) is 3.44. The number of benzene rings is 1. The maximum atomic E-state index is 12.2. The Balaban J connectivity index is 1.84. The largest absolute Gasteiger partial charge is 0.347 e. The Labute approximate surface area is 168 Å². The number of anilines is 1. The Morgan fingerprint density at radius 1 is 1.17 bits per heavy atom. The van der Waals surface area contributed by atoms with E-state index in [0.717, 1.165) is 34.7 Å². The van der Waals surface area contributed by atoms with Crippen LogP contribution in [0.1, 0.15) is 50.3 Å². The molecular formula is C19H23N7O2S. The van der Waals surface area contributed by atoms with Gasteiger partial charge in [-0.05, 0) is 24.8 Å². The topological polar surface area (TPSA) is 118 Å². The minimum atomic E-state index is -3.59. The summed E-state index contributed by atoms with van der Waals surface area (Å²) in [6, 6.07) is 5.74. The average molecular weight is 414 g/mol. The summed E-state index contributed by atoms with van der Waals surface area (Å²) in [6.07, 6.45) is 5.50. The molecule has 0 amide bonds. The molecule has 0 aliphatic rings. The highest BCUT2D eigenvalue weighted by Gasteiger charge is 2.22. The van der Waals surface area contributed by atoms with E-state index in [1.165, 1.54) is 0 Å². The first kappa shape index (κ1) is 19.3. The zero-order chi connectivity index (χ0) is 20.8. The standard InChI is InChI=1S/C19H23N7O2S/c1-5-11(2)15-10-21-26-17(15)23-19(29(4,27)28)24-18(26)22-12(3)14-8-6-7-13-9-20-25-16(13)14/h6-12H,5H2,1-4H3,(H,20,25)(H,22,23,24). The molecule has 4 rings (SSSR count). The zero-order valence-corrected chi connectivity index (χ0v) is 17.5. The number of para-hydroxylation sites is 1. The lowest BCUT2D eigenvalue weighted by molar-refractivity contribution is 0.591. The molecule has 0 bridgehead atoms. The first-order valence-corrected chi connectivity index (χ1v) is 11.3. The summed E-state index contributed by atoms with van der Waals surface area (Å²) in [4.78, 5) is 8.57. The highest BCUT2D eigenvalue weighted by molar-refractivity contribution is 7.90. The molecule has 0 aliphatic carbocycles. The molecule has 9 nitrogen and oxygen atoms in total. The molecule has 0 saturated heterocycles. The van der Waals surface area contributed by atoms with Gasteiger partial charge in [0, 0.05) is 17.2 Å². The summed E-state index contributed by atoms with van der Waals surface area (Å²) in [5, 5.41) is 15.6. The van der Waals surface area contributed by atoms with Crippen molar-refractivity contribution in [2.75, 3.05) is 11.6 Å². The van der Waals surface area contributed by atoms with Crippen LogP contribution in [0, 0.1) is 0 Å². The number of sulfone groups is 1. The van der Waals surface area contributed by atoms with Crippen LogP contribution in [0.2, 0.25) is 0 Å². The molecule has 2 atom stereocenters. The number of nitrogens with zero attached hydrogens (tertiary/aromatic N) is 5. The summed E-state index contributed by atoms with van der Waals surface area (Å²) in [7, 11) is -3.59. The Hall–Kier alpha value is -3.01. The summed E-state index contributed by atoms with van der Waals surface area (Å²) < 4.78 is 26.0. The van der Waals surface area contributed by atoms with E-state index < -0.39 is 9.84 Å². The van der Waals surface area contributed by atoms with E-state index in [1.54, 1.807) is 16.9 Å². The minimum Gasteiger partial charge on any atom is -0.347 e. The van der Waals surface area contributed by atoms with E-state index in [-0.39, 0.29) is 17.1 Å². The van der Waals surface area contributed by atoms with Crippen LogP contribution in [-0.4, -0.2) is 44.5 Å². The lowest BCUT2D eigenvalue weighted by atomic mass is 10.0. The molecule has 0 aliphatic heterocycles.